The molecule has 4 heteroatoms. The van der Waals surface area contributed by atoms with Gasteiger partial charge in [0.25, 0.3) is 0 Å². The number of hydrogen-bond acceptors (Lipinski definition) is 2. The average molecular weight is 522 g/mol. The lowest BCUT2D eigenvalue weighted by Gasteiger charge is -2.14. The van der Waals surface area contributed by atoms with Gasteiger partial charge in [0, 0.05) is 45.5 Å². The average Bonchev–Trinajstić information content (AvgIpc) is 2.90. The summed E-state index contributed by atoms with van der Waals surface area (Å²) >= 11 is 8.50. The highest BCUT2D eigenvalue weighted by molar-refractivity contribution is 7.99. The lowest BCUT2D eigenvalue weighted by Crippen LogP contribution is -2.13. The van der Waals surface area contributed by atoms with E-state index in [1.54, 1.807) is 0 Å². The second-order valence-electron chi connectivity index (χ2n) is 9.34. The minimum absolute atomic E-state index is 0.0141. The Hall–Kier alpha value is -2.23. The molecule has 1 heterocycles. The third-order valence-corrected chi connectivity index (χ3v) is 8.20. The van der Waals surface area contributed by atoms with Gasteiger partial charge in [0.15, 0.2) is 5.43 Å². The number of aryl methyl sites for hydroxylation is 2. The summed E-state index contributed by atoms with van der Waals surface area (Å²) in [4.78, 5) is 14.9. The van der Waals surface area contributed by atoms with Gasteiger partial charge in [0.2, 0.25) is 0 Å². The van der Waals surface area contributed by atoms with Crippen molar-refractivity contribution in [1.82, 2.24) is 4.57 Å². The Kier molecular flexibility index (Phi) is 11.4. The van der Waals surface area contributed by atoms with E-state index in [4.69, 9.17) is 11.6 Å². The Bertz CT molecular complexity index is 1210. The summed E-state index contributed by atoms with van der Waals surface area (Å²) in [5.74, 6) is 1.08. The quantitative estimate of drug-likeness (QED) is 0.155. The van der Waals surface area contributed by atoms with E-state index in [0.29, 0.717) is 16.1 Å². The first-order valence-corrected chi connectivity index (χ1v) is 14.8. The minimum Gasteiger partial charge on any atom is -0.353 e. The second kappa shape index (κ2) is 14.5. The molecular formula is C32H40ClNOS. The van der Waals surface area contributed by atoms with E-state index in [2.05, 4.69) is 50.1 Å². The minimum atomic E-state index is 0.0141. The summed E-state index contributed by atoms with van der Waals surface area (Å²) in [6.45, 7) is 11.2. The van der Waals surface area contributed by atoms with E-state index in [-0.39, 0.29) is 5.43 Å². The van der Waals surface area contributed by atoms with Gasteiger partial charge in [0.1, 0.15) is 0 Å². The van der Waals surface area contributed by atoms with Crippen LogP contribution in [0.15, 0.2) is 65.1 Å². The van der Waals surface area contributed by atoms with E-state index in [9.17, 15) is 4.79 Å². The van der Waals surface area contributed by atoms with Crippen LogP contribution in [0.3, 0.4) is 0 Å². The van der Waals surface area contributed by atoms with E-state index < -0.39 is 0 Å². The smallest absolute Gasteiger partial charge is 0.197 e. The Morgan fingerprint density at radius 1 is 0.889 bits per heavy atom. The van der Waals surface area contributed by atoms with Crippen LogP contribution in [0.2, 0.25) is 5.02 Å². The van der Waals surface area contributed by atoms with Crippen molar-refractivity contribution in [3.8, 4) is 22.3 Å². The zero-order valence-electron chi connectivity index (χ0n) is 22.1. The van der Waals surface area contributed by atoms with Crippen LogP contribution in [0.25, 0.3) is 28.3 Å². The fourth-order valence-electron chi connectivity index (χ4n) is 4.45. The number of halogens is 1. The third-order valence-electron chi connectivity index (χ3n) is 6.73. The van der Waals surface area contributed by atoms with Gasteiger partial charge in [-0.15, -0.1) is 11.8 Å². The Balaban J connectivity index is 1.87. The fraction of sp³-hybridized carbons (Fsp3) is 0.406. The predicted molar refractivity (Wildman–Crippen MR) is 160 cm³/mol. The molecule has 0 unspecified atom stereocenters. The van der Waals surface area contributed by atoms with Crippen LogP contribution in [0, 0.1) is 0 Å². The molecule has 192 valence electrons. The molecule has 3 aromatic rings. The monoisotopic (exact) mass is 521 g/mol. The Labute approximate surface area is 226 Å². The van der Waals surface area contributed by atoms with Gasteiger partial charge >= 0.3 is 0 Å². The van der Waals surface area contributed by atoms with Crippen LogP contribution in [0.5, 0.6) is 0 Å². The number of pyridine rings is 1. The standard InChI is InChI=1S/C32H40ClNOS/c1-5-9-10-11-12-13-14-19-36-31-21-26(17-16-25(31)7-3)28-22-34(8-4)23-29(32(28)35)27-18-15-24(6-2)20-30(27)33/h7,15-18,20-23H,3,5-6,8-14,19H2,1-2,4H3. The van der Waals surface area contributed by atoms with Crippen molar-refractivity contribution in [2.75, 3.05) is 5.75 Å². The first kappa shape index (κ1) is 28.3. The van der Waals surface area contributed by atoms with Crippen molar-refractivity contribution in [2.45, 2.75) is 83.6 Å². The summed E-state index contributed by atoms with van der Waals surface area (Å²) in [6, 6.07) is 12.3. The predicted octanol–water partition coefficient (Wildman–Crippen LogP) is 9.90. The maximum absolute atomic E-state index is 13.7. The molecule has 2 nitrogen and oxygen atoms in total. The number of nitrogens with zero attached hydrogens (tertiary/aromatic N) is 1. The molecule has 0 aliphatic heterocycles. The van der Waals surface area contributed by atoms with E-state index in [0.717, 1.165) is 35.4 Å². The van der Waals surface area contributed by atoms with Crippen molar-refractivity contribution in [1.29, 1.82) is 0 Å². The van der Waals surface area contributed by atoms with Crippen molar-refractivity contribution in [3.63, 3.8) is 0 Å². The molecule has 0 saturated heterocycles. The second-order valence-corrected chi connectivity index (χ2v) is 10.9. The molecule has 0 amide bonds. The number of thioether (sulfide) groups is 1. The number of benzene rings is 2. The van der Waals surface area contributed by atoms with Crippen molar-refractivity contribution in [3.05, 3.63) is 81.7 Å². The van der Waals surface area contributed by atoms with Gasteiger partial charge in [-0.25, -0.2) is 0 Å². The summed E-state index contributed by atoms with van der Waals surface area (Å²) in [7, 11) is 0. The molecule has 3 rings (SSSR count). The zero-order chi connectivity index (χ0) is 25.9. The summed E-state index contributed by atoms with van der Waals surface area (Å²) < 4.78 is 2.07. The molecule has 0 radical (unpaired) electrons. The number of rotatable bonds is 14. The van der Waals surface area contributed by atoms with Crippen LogP contribution in [0.1, 0.15) is 76.8 Å². The number of hydrogen-bond donors (Lipinski definition) is 0. The van der Waals surface area contributed by atoms with Crippen LogP contribution in [0.4, 0.5) is 0 Å². The van der Waals surface area contributed by atoms with Gasteiger partial charge in [-0.1, -0.05) is 101 Å². The first-order valence-electron chi connectivity index (χ1n) is 13.4. The van der Waals surface area contributed by atoms with Crippen LogP contribution >= 0.6 is 23.4 Å². The van der Waals surface area contributed by atoms with E-state index in [1.807, 2.05) is 48.4 Å². The van der Waals surface area contributed by atoms with Gasteiger partial charge < -0.3 is 4.57 Å². The Morgan fingerprint density at radius 3 is 2.28 bits per heavy atom. The van der Waals surface area contributed by atoms with Crippen LogP contribution in [-0.4, -0.2) is 10.3 Å². The van der Waals surface area contributed by atoms with E-state index in [1.165, 1.54) is 55.4 Å². The van der Waals surface area contributed by atoms with Gasteiger partial charge in [0.05, 0.1) is 0 Å². The van der Waals surface area contributed by atoms with Gasteiger partial charge in [-0.2, -0.15) is 0 Å². The van der Waals surface area contributed by atoms with E-state index >= 15 is 0 Å². The van der Waals surface area contributed by atoms with Gasteiger partial charge in [-0.3, -0.25) is 4.79 Å². The molecule has 0 atom stereocenters. The normalized spacial score (nSPS) is 11.1. The molecule has 0 aliphatic carbocycles. The molecule has 1 aromatic heterocycles. The van der Waals surface area contributed by atoms with Crippen molar-refractivity contribution < 1.29 is 0 Å². The molecular weight excluding hydrogens is 482 g/mol. The van der Waals surface area contributed by atoms with Crippen LogP contribution < -0.4 is 5.43 Å². The maximum atomic E-state index is 13.7. The lowest BCUT2D eigenvalue weighted by atomic mass is 9.99. The molecule has 36 heavy (non-hydrogen) atoms. The zero-order valence-corrected chi connectivity index (χ0v) is 23.7. The third kappa shape index (κ3) is 7.40. The maximum Gasteiger partial charge on any atom is 0.197 e. The highest BCUT2D eigenvalue weighted by atomic mass is 35.5. The number of aromatic nitrogens is 1. The lowest BCUT2D eigenvalue weighted by molar-refractivity contribution is 0.603. The van der Waals surface area contributed by atoms with Crippen molar-refractivity contribution >= 4 is 29.4 Å². The van der Waals surface area contributed by atoms with Crippen LogP contribution in [-0.2, 0) is 13.0 Å². The molecule has 0 fully saturated rings. The molecule has 0 bridgehead atoms. The largest absolute Gasteiger partial charge is 0.353 e. The van der Waals surface area contributed by atoms with Gasteiger partial charge in [-0.05, 0) is 54.3 Å². The highest BCUT2D eigenvalue weighted by Gasteiger charge is 2.15. The Morgan fingerprint density at radius 2 is 1.61 bits per heavy atom. The SMILES string of the molecule is C=Cc1ccc(-c2cn(CC)cc(-c3ccc(CC)cc3Cl)c2=O)cc1SCCCCCCCCC. The first-order chi connectivity index (χ1) is 17.5. The molecule has 0 aliphatic rings. The molecule has 0 spiro atoms. The fourth-order valence-corrected chi connectivity index (χ4v) is 5.85. The summed E-state index contributed by atoms with van der Waals surface area (Å²) in [5, 5.41) is 0.624. The van der Waals surface area contributed by atoms with Crippen molar-refractivity contribution in [2.24, 2.45) is 0 Å². The molecule has 2 aromatic carbocycles. The highest BCUT2D eigenvalue weighted by Crippen LogP contribution is 2.32. The molecule has 0 N–H and O–H groups in total. The summed E-state index contributed by atoms with van der Waals surface area (Å²) in [6.07, 6.45) is 15.9. The topological polar surface area (TPSA) is 22.0 Å². The summed E-state index contributed by atoms with van der Waals surface area (Å²) in [5.41, 5.74) is 5.39. The molecule has 0 saturated carbocycles. The number of unbranched alkanes of at least 4 members (excludes halogenated alkanes) is 6.